The highest BCUT2D eigenvalue weighted by atomic mass is 16.2. The monoisotopic (exact) mass is 371 g/mol. The lowest BCUT2D eigenvalue weighted by Gasteiger charge is -2.40. The number of fused-ring (bicyclic) bond motifs is 1. The molecule has 148 valence electrons. The third-order valence-corrected chi connectivity index (χ3v) is 5.93. The van der Waals surface area contributed by atoms with E-state index in [1.54, 1.807) is 0 Å². The molecule has 1 aliphatic heterocycles. The number of hydrogen-bond acceptors (Lipinski definition) is 3. The molecule has 1 unspecified atom stereocenters. The molecule has 5 heteroatoms. The van der Waals surface area contributed by atoms with E-state index in [9.17, 15) is 9.59 Å². The Labute approximate surface area is 163 Å². The normalized spacial score (nSPS) is 20.6. The molecule has 1 N–H and O–H groups in total. The van der Waals surface area contributed by atoms with E-state index in [0.717, 1.165) is 38.8 Å². The van der Waals surface area contributed by atoms with Crippen LogP contribution in [0.5, 0.6) is 0 Å². The Kier molecular flexibility index (Phi) is 6.53. The Hall–Kier alpha value is -1.88. The summed E-state index contributed by atoms with van der Waals surface area (Å²) in [6.07, 6.45) is 4.28. The number of rotatable bonds is 7. The molecular formula is C22H33N3O2. The number of amides is 2. The highest BCUT2D eigenvalue weighted by molar-refractivity contribution is 5.89. The molecule has 0 saturated carbocycles. The summed E-state index contributed by atoms with van der Waals surface area (Å²) < 4.78 is 0. The first-order chi connectivity index (χ1) is 13.0. The van der Waals surface area contributed by atoms with Crippen LogP contribution in [0.25, 0.3) is 0 Å². The molecule has 27 heavy (non-hydrogen) atoms. The van der Waals surface area contributed by atoms with Crippen LogP contribution in [-0.2, 0) is 22.4 Å². The third-order valence-electron chi connectivity index (χ3n) is 5.93. The molecule has 1 atom stereocenters. The van der Waals surface area contributed by atoms with Crippen molar-refractivity contribution in [1.29, 1.82) is 0 Å². The third kappa shape index (κ3) is 4.52. The molecule has 0 radical (unpaired) electrons. The maximum atomic E-state index is 13.0. The van der Waals surface area contributed by atoms with E-state index < -0.39 is 0 Å². The Morgan fingerprint density at radius 1 is 1.26 bits per heavy atom. The predicted octanol–water partition coefficient (Wildman–Crippen LogP) is 2.38. The van der Waals surface area contributed by atoms with Crippen molar-refractivity contribution in [2.45, 2.75) is 71.0 Å². The van der Waals surface area contributed by atoms with E-state index in [0.29, 0.717) is 12.6 Å². The quantitative estimate of drug-likeness (QED) is 0.801. The Morgan fingerprint density at radius 2 is 1.93 bits per heavy atom. The van der Waals surface area contributed by atoms with Crippen molar-refractivity contribution in [3.05, 3.63) is 35.4 Å². The fourth-order valence-electron chi connectivity index (χ4n) is 4.43. The van der Waals surface area contributed by atoms with Gasteiger partial charge in [-0.25, -0.2) is 0 Å². The largest absolute Gasteiger partial charge is 0.353 e. The van der Waals surface area contributed by atoms with E-state index in [2.05, 4.69) is 55.3 Å². The highest BCUT2D eigenvalue weighted by Gasteiger charge is 2.38. The van der Waals surface area contributed by atoms with Gasteiger partial charge < -0.3 is 10.2 Å². The van der Waals surface area contributed by atoms with E-state index in [4.69, 9.17) is 0 Å². The Morgan fingerprint density at radius 3 is 2.52 bits per heavy atom. The molecule has 1 aliphatic carbocycles. The fraction of sp³-hybridized carbons (Fsp3) is 0.636. The molecule has 2 aliphatic rings. The Balaban J connectivity index is 1.71. The second-order valence-corrected chi connectivity index (χ2v) is 8.11. The molecule has 3 rings (SSSR count). The predicted molar refractivity (Wildman–Crippen MR) is 108 cm³/mol. The first kappa shape index (κ1) is 19.9. The minimum absolute atomic E-state index is 0.00440. The first-order valence-electron chi connectivity index (χ1n) is 10.4. The number of carbonyl (C=O) groups is 2. The van der Waals surface area contributed by atoms with Crippen molar-refractivity contribution >= 4 is 11.8 Å². The summed E-state index contributed by atoms with van der Waals surface area (Å²) in [7, 11) is 0. The second-order valence-electron chi connectivity index (χ2n) is 8.11. The van der Waals surface area contributed by atoms with Crippen LogP contribution in [-0.4, -0.2) is 59.4 Å². The number of piperazine rings is 1. The van der Waals surface area contributed by atoms with Gasteiger partial charge in [0.15, 0.2) is 0 Å². The molecule has 0 bridgehead atoms. The SMILES string of the molecule is CCCCN(C(=O)CC1C(=O)NCCN1C1Cc2ccccc2C1)C(C)C. The van der Waals surface area contributed by atoms with Gasteiger partial charge in [-0.1, -0.05) is 37.6 Å². The number of hydrogen-bond donors (Lipinski definition) is 1. The molecule has 1 saturated heterocycles. The van der Waals surface area contributed by atoms with Gasteiger partial charge in [-0.05, 0) is 44.2 Å². The zero-order chi connectivity index (χ0) is 19.4. The minimum Gasteiger partial charge on any atom is -0.353 e. The van der Waals surface area contributed by atoms with Crippen molar-refractivity contribution in [2.75, 3.05) is 19.6 Å². The zero-order valence-corrected chi connectivity index (χ0v) is 16.9. The van der Waals surface area contributed by atoms with E-state index >= 15 is 0 Å². The molecule has 1 aromatic carbocycles. The lowest BCUT2D eigenvalue weighted by atomic mass is 10.0. The number of unbranched alkanes of at least 4 members (excludes halogenated alkanes) is 1. The number of nitrogens with zero attached hydrogens (tertiary/aromatic N) is 2. The molecule has 1 aromatic rings. The van der Waals surface area contributed by atoms with Crippen LogP contribution in [0.2, 0.25) is 0 Å². The van der Waals surface area contributed by atoms with Gasteiger partial charge in [0.1, 0.15) is 0 Å². The Bertz CT molecular complexity index is 648. The summed E-state index contributed by atoms with van der Waals surface area (Å²) in [5.41, 5.74) is 2.76. The van der Waals surface area contributed by atoms with E-state index in [1.165, 1.54) is 11.1 Å². The van der Waals surface area contributed by atoms with Crippen LogP contribution >= 0.6 is 0 Å². The van der Waals surface area contributed by atoms with Crippen molar-refractivity contribution in [2.24, 2.45) is 0 Å². The van der Waals surface area contributed by atoms with Gasteiger partial charge in [0, 0.05) is 31.7 Å². The topological polar surface area (TPSA) is 52.7 Å². The van der Waals surface area contributed by atoms with Gasteiger partial charge in [0.05, 0.1) is 12.5 Å². The summed E-state index contributed by atoms with van der Waals surface area (Å²) in [5.74, 6) is 0.103. The van der Waals surface area contributed by atoms with Gasteiger partial charge in [-0.2, -0.15) is 0 Å². The fourth-order valence-corrected chi connectivity index (χ4v) is 4.43. The minimum atomic E-state index is -0.353. The molecule has 5 nitrogen and oxygen atoms in total. The van der Waals surface area contributed by atoms with Crippen molar-refractivity contribution in [1.82, 2.24) is 15.1 Å². The number of nitrogens with one attached hydrogen (secondary N) is 1. The average molecular weight is 372 g/mol. The van der Waals surface area contributed by atoms with Crippen LogP contribution in [0, 0.1) is 0 Å². The van der Waals surface area contributed by atoms with E-state index in [1.807, 2.05) is 4.90 Å². The van der Waals surface area contributed by atoms with Crippen LogP contribution in [0.4, 0.5) is 0 Å². The number of benzene rings is 1. The molecule has 0 spiro atoms. The van der Waals surface area contributed by atoms with Crippen LogP contribution in [0.15, 0.2) is 24.3 Å². The number of carbonyl (C=O) groups excluding carboxylic acids is 2. The first-order valence-corrected chi connectivity index (χ1v) is 10.4. The summed E-state index contributed by atoms with van der Waals surface area (Å²) in [4.78, 5) is 29.9. The lowest BCUT2D eigenvalue weighted by molar-refractivity contribution is -0.141. The summed E-state index contributed by atoms with van der Waals surface area (Å²) >= 11 is 0. The highest BCUT2D eigenvalue weighted by Crippen LogP contribution is 2.28. The van der Waals surface area contributed by atoms with E-state index in [-0.39, 0.29) is 30.3 Å². The standard InChI is InChI=1S/C22H33N3O2/c1-4-5-11-24(16(2)3)21(26)15-20-22(27)23-10-12-25(20)19-13-17-8-6-7-9-18(17)14-19/h6-9,16,19-20H,4-5,10-15H2,1-3H3,(H,23,27). The zero-order valence-electron chi connectivity index (χ0n) is 16.9. The summed E-state index contributed by atoms with van der Waals surface area (Å²) in [6.45, 7) is 8.51. The molecule has 0 aromatic heterocycles. The smallest absolute Gasteiger partial charge is 0.237 e. The van der Waals surface area contributed by atoms with Crippen molar-refractivity contribution in [3.8, 4) is 0 Å². The van der Waals surface area contributed by atoms with Crippen molar-refractivity contribution < 1.29 is 9.59 Å². The van der Waals surface area contributed by atoms with Crippen LogP contribution in [0.1, 0.15) is 51.2 Å². The van der Waals surface area contributed by atoms with Crippen molar-refractivity contribution in [3.63, 3.8) is 0 Å². The maximum Gasteiger partial charge on any atom is 0.237 e. The van der Waals surface area contributed by atoms with Crippen LogP contribution < -0.4 is 5.32 Å². The second kappa shape index (κ2) is 8.87. The van der Waals surface area contributed by atoms with Crippen LogP contribution in [0.3, 0.4) is 0 Å². The lowest BCUT2D eigenvalue weighted by Crippen LogP contribution is -2.60. The van der Waals surface area contributed by atoms with Gasteiger partial charge in [-0.3, -0.25) is 14.5 Å². The van der Waals surface area contributed by atoms with Gasteiger partial charge in [0.2, 0.25) is 11.8 Å². The average Bonchev–Trinajstić information content (AvgIpc) is 3.07. The molecule has 1 heterocycles. The van der Waals surface area contributed by atoms with Gasteiger partial charge in [0.25, 0.3) is 0 Å². The molecule has 1 fully saturated rings. The summed E-state index contributed by atoms with van der Waals surface area (Å²) in [6, 6.07) is 8.66. The summed E-state index contributed by atoms with van der Waals surface area (Å²) in [5, 5.41) is 2.97. The van der Waals surface area contributed by atoms with Gasteiger partial charge in [-0.15, -0.1) is 0 Å². The molecule has 2 amide bonds. The van der Waals surface area contributed by atoms with Gasteiger partial charge >= 0.3 is 0 Å². The maximum absolute atomic E-state index is 13.0. The molecular weight excluding hydrogens is 338 g/mol.